The summed E-state index contributed by atoms with van der Waals surface area (Å²) >= 11 is 1.67. The van der Waals surface area contributed by atoms with Gasteiger partial charge in [-0.1, -0.05) is 12.1 Å². The van der Waals surface area contributed by atoms with E-state index < -0.39 is 0 Å². The number of thioether (sulfide) groups is 1. The minimum atomic E-state index is 0.0717. The zero-order valence-corrected chi connectivity index (χ0v) is 14.9. The molecular weight excluding hydrogens is 324 g/mol. The van der Waals surface area contributed by atoms with Crippen molar-refractivity contribution in [2.75, 3.05) is 32.0 Å². The number of nitrogens with zero attached hydrogens (tertiary/aromatic N) is 2. The molecule has 2 saturated heterocycles. The fourth-order valence-corrected chi connectivity index (χ4v) is 4.46. The zero-order chi connectivity index (χ0) is 16.9. The van der Waals surface area contributed by atoms with Crippen molar-refractivity contribution in [3.8, 4) is 5.75 Å². The standard InChI is InChI=1S/C18H24N2O3S/c1-2-23-15-8-6-14(7-9-15)18-20(17(22)13-24-18)12-4-11-19-10-3-5-16(19)21/h6-9,18H,2-5,10-13H2,1H3. The van der Waals surface area contributed by atoms with Crippen molar-refractivity contribution in [3.63, 3.8) is 0 Å². The van der Waals surface area contributed by atoms with Gasteiger partial charge in [0.25, 0.3) is 0 Å². The van der Waals surface area contributed by atoms with Gasteiger partial charge < -0.3 is 14.5 Å². The molecule has 2 amide bonds. The van der Waals surface area contributed by atoms with E-state index >= 15 is 0 Å². The van der Waals surface area contributed by atoms with Crippen LogP contribution >= 0.6 is 11.8 Å². The fourth-order valence-electron chi connectivity index (χ4n) is 3.24. The van der Waals surface area contributed by atoms with Crippen LogP contribution < -0.4 is 4.74 Å². The summed E-state index contributed by atoms with van der Waals surface area (Å²) in [5.41, 5.74) is 1.13. The van der Waals surface area contributed by atoms with Crippen molar-refractivity contribution >= 4 is 23.6 Å². The third-order valence-corrected chi connectivity index (χ3v) is 5.70. The van der Waals surface area contributed by atoms with Gasteiger partial charge in [0.15, 0.2) is 0 Å². The number of rotatable bonds is 7. The predicted octanol–water partition coefficient (Wildman–Crippen LogP) is 2.67. The van der Waals surface area contributed by atoms with Gasteiger partial charge >= 0.3 is 0 Å². The van der Waals surface area contributed by atoms with Crippen molar-refractivity contribution in [2.24, 2.45) is 0 Å². The van der Waals surface area contributed by atoms with Crippen LogP contribution in [0.3, 0.4) is 0 Å². The van der Waals surface area contributed by atoms with Gasteiger partial charge in [-0.3, -0.25) is 9.59 Å². The second kappa shape index (κ2) is 7.92. The molecule has 2 fully saturated rings. The van der Waals surface area contributed by atoms with Crippen LogP contribution in [0.15, 0.2) is 24.3 Å². The van der Waals surface area contributed by atoms with Crippen LogP contribution in [0.4, 0.5) is 0 Å². The summed E-state index contributed by atoms with van der Waals surface area (Å²) in [4.78, 5) is 27.7. The lowest BCUT2D eigenvalue weighted by molar-refractivity contribution is -0.128. The maximum Gasteiger partial charge on any atom is 0.233 e. The molecular formula is C18H24N2O3S. The lowest BCUT2D eigenvalue weighted by Gasteiger charge is -2.25. The Balaban J connectivity index is 1.58. The van der Waals surface area contributed by atoms with Gasteiger partial charge in [0, 0.05) is 26.1 Å². The molecule has 1 aromatic rings. The van der Waals surface area contributed by atoms with Gasteiger partial charge in [-0.2, -0.15) is 0 Å². The molecule has 2 aliphatic rings. The van der Waals surface area contributed by atoms with Crippen LogP contribution in [0, 0.1) is 0 Å². The van der Waals surface area contributed by atoms with Crippen LogP contribution in [0.5, 0.6) is 5.75 Å². The summed E-state index contributed by atoms with van der Waals surface area (Å²) < 4.78 is 5.48. The van der Waals surface area contributed by atoms with Crippen LogP contribution in [0.2, 0.25) is 0 Å². The molecule has 1 aromatic carbocycles. The second-order valence-corrected chi connectivity index (χ2v) is 7.16. The number of carbonyl (C=O) groups is 2. The number of benzene rings is 1. The lowest BCUT2D eigenvalue weighted by atomic mass is 10.2. The minimum absolute atomic E-state index is 0.0717. The first-order chi connectivity index (χ1) is 11.7. The Hall–Kier alpha value is -1.69. The number of ether oxygens (including phenoxy) is 1. The van der Waals surface area contributed by atoms with Gasteiger partial charge in [0.05, 0.1) is 12.4 Å². The molecule has 1 unspecified atom stereocenters. The Morgan fingerprint density at radius 1 is 1.17 bits per heavy atom. The van der Waals surface area contributed by atoms with Gasteiger partial charge in [0.1, 0.15) is 11.1 Å². The van der Waals surface area contributed by atoms with E-state index in [1.807, 2.05) is 41.0 Å². The molecule has 0 aromatic heterocycles. The van der Waals surface area contributed by atoms with E-state index in [2.05, 4.69) is 0 Å². The Morgan fingerprint density at radius 3 is 2.62 bits per heavy atom. The highest BCUT2D eigenvalue weighted by atomic mass is 32.2. The number of hydrogen-bond acceptors (Lipinski definition) is 4. The van der Waals surface area contributed by atoms with E-state index in [0.29, 0.717) is 25.3 Å². The van der Waals surface area contributed by atoms with Crippen LogP contribution in [-0.2, 0) is 9.59 Å². The molecule has 3 rings (SSSR count). The Labute approximate surface area is 147 Å². The molecule has 0 N–H and O–H groups in total. The lowest BCUT2D eigenvalue weighted by Crippen LogP contribution is -2.33. The van der Waals surface area contributed by atoms with E-state index in [4.69, 9.17) is 4.74 Å². The van der Waals surface area contributed by atoms with Crippen molar-refractivity contribution in [2.45, 2.75) is 31.6 Å². The van der Waals surface area contributed by atoms with Crippen molar-refractivity contribution in [1.29, 1.82) is 0 Å². The maximum atomic E-state index is 12.2. The summed E-state index contributed by atoms with van der Waals surface area (Å²) in [7, 11) is 0. The number of likely N-dealkylation sites (tertiary alicyclic amines) is 1. The normalized spacial score (nSPS) is 21.0. The van der Waals surface area contributed by atoms with Crippen LogP contribution in [-0.4, -0.2) is 53.6 Å². The van der Waals surface area contributed by atoms with Gasteiger partial charge in [-0.05, 0) is 37.5 Å². The molecule has 0 saturated carbocycles. The summed E-state index contributed by atoms with van der Waals surface area (Å²) in [5.74, 6) is 1.82. The molecule has 0 aliphatic carbocycles. The summed E-state index contributed by atoms with van der Waals surface area (Å²) in [5, 5.41) is 0.0717. The van der Waals surface area contributed by atoms with Crippen molar-refractivity contribution in [3.05, 3.63) is 29.8 Å². The van der Waals surface area contributed by atoms with E-state index in [-0.39, 0.29) is 17.2 Å². The quantitative estimate of drug-likeness (QED) is 0.760. The number of amides is 2. The average molecular weight is 348 g/mol. The van der Waals surface area contributed by atoms with Crippen molar-refractivity contribution < 1.29 is 14.3 Å². The first kappa shape index (κ1) is 17.1. The van der Waals surface area contributed by atoms with E-state index in [0.717, 1.165) is 37.2 Å². The predicted molar refractivity (Wildman–Crippen MR) is 95.0 cm³/mol. The van der Waals surface area contributed by atoms with E-state index in [1.54, 1.807) is 11.8 Å². The largest absolute Gasteiger partial charge is 0.494 e. The summed E-state index contributed by atoms with van der Waals surface area (Å²) in [6, 6.07) is 8.00. The van der Waals surface area contributed by atoms with Gasteiger partial charge in [-0.25, -0.2) is 0 Å². The highest BCUT2D eigenvalue weighted by Crippen LogP contribution is 2.39. The van der Waals surface area contributed by atoms with Crippen LogP contribution in [0.25, 0.3) is 0 Å². The maximum absolute atomic E-state index is 12.2. The third kappa shape index (κ3) is 3.86. The van der Waals surface area contributed by atoms with Crippen molar-refractivity contribution in [1.82, 2.24) is 9.80 Å². The highest BCUT2D eigenvalue weighted by Gasteiger charge is 2.32. The smallest absolute Gasteiger partial charge is 0.233 e. The fraction of sp³-hybridized carbons (Fsp3) is 0.556. The Bertz CT molecular complexity index is 590. The molecule has 24 heavy (non-hydrogen) atoms. The monoisotopic (exact) mass is 348 g/mol. The average Bonchev–Trinajstić information content (AvgIpc) is 3.15. The SMILES string of the molecule is CCOc1ccc(C2SCC(=O)N2CCCN2CCCC2=O)cc1. The first-order valence-electron chi connectivity index (χ1n) is 8.60. The molecule has 2 aliphatic heterocycles. The van der Waals surface area contributed by atoms with Gasteiger partial charge in [0.2, 0.25) is 11.8 Å². The molecule has 0 bridgehead atoms. The zero-order valence-electron chi connectivity index (χ0n) is 14.1. The third-order valence-electron chi connectivity index (χ3n) is 4.44. The minimum Gasteiger partial charge on any atom is -0.494 e. The Kier molecular flexibility index (Phi) is 5.66. The van der Waals surface area contributed by atoms with Gasteiger partial charge in [-0.15, -0.1) is 11.8 Å². The molecule has 0 radical (unpaired) electrons. The molecule has 2 heterocycles. The van der Waals surface area contributed by atoms with E-state index in [1.165, 1.54) is 0 Å². The molecule has 1 atom stereocenters. The topological polar surface area (TPSA) is 49.9 Å². The second-order valence-electron chi connectivity index (χ2n) is 6.09. The highest BCUT2D eigenvalue weighted by molar-refractivity contribution is 8.00. The molecule has 5 nitrogen and oxygen atoms in total. The first-order valence-corrected chi connectivity index (χ1v) is 9.65. The molecule has 130 valence electrons. The molecule has 6 heteroatoms. The molecule has 0 spiro atoms. The number of hydrogen-bond donors (Lipinski definition) is 0. The van der Waals surface area contributed by atoms with Crippen LogP contribution in [0.1, 0.15) is 37.1 Å². The summed E-state index contributed by atoms with van der Waals surface area (Å²) in [6.45, 7) is 4.93. The Morgan fingerprint density at radius 2 is 1.96 bits per heavy atom. The summed E-state index contributed by atoms with van der Waals surface area (Å²) in [6.07, 6.45) is 2.48. The van der Waals surface area contributed by atoms with E-state index in [9.17, 15) is 9.59 Å². The number of carbonyl (C=O) groups excluding carboxylic acids is 2.